The van der Waals surface area contributed by atoms with Crippen molar-refractivity contribution >= 4 is 21.8 Å². The number of phenolic OH excluding ortho intramolecular Hbond substituents is 1. The second kappa shape index (κ2) is 7.17. The summed E-state index contributed by atoms with van der Waals surface area (Å²) in [6.45, 7) is 2.02. The number of benzene rings is 3. The molecule has 0 amide bonds. The summed E-state index contributed by atoms with van der Waals surface area (Å²) in [4.78, 5) is 6.86. The maximum atomic E-state index is 10.7. The van der Waals surface area contributed by atoms with Gasteiger partial charge in [-0.05, 0) is 42.3 Å². The minimum absolute atomic E-state index is 0.0871. The van der Waals surface area contributed by atoms with Gasteiger partial charge >= 0.3 is 0 Å². The normalized spacial score (nSPS) is 11.7. The molecule has 3 aromatic heterocycles. The van der Waals surface area contributed by atoms with Gasteiger partial charge in [0.05, 0.1) is 11.9 Å². The quantitative estimate of drug-likeness (QED) is 0.274. The van der Waals surface area contributed by atoms with E-state index in [0.29, 0.717) is 0 Å². The van der Waals surface area contributed by atoms with Crippen molar-refractivity contribution in [2.45, 2.75) is 12.8 Å². The number of aromatic nitrogens is 4. The van der Waals surface area contributed by atoms with E-state index in [1.807, 2.05) is 37.4 Å². The number of H-pyrrole nitrogens is 3. The van der Waals surface area contributed by atoms with E-state index in [0.717, 1.165) is 33.4 Å². The summed E-state index contributed by atoms with van der Waals surface area (Å²) in [5.74, 6) is 0.147. The number of nitrogens with one attached hydrogen (secondary N) is 3. The number of phenols is 1. The minimum Gasteiger partial charge on any atom is -0.507 e. The third-order valence-corrected chi connectivity index (χ3v) is 6.27. The SMILES string of the molecule is Cc1ccc(O)c(-c2[nH]ncc2C(c2c[nH]c3ccccc23)c2c[nH]c3ccccc23)c1. The van der Waals surface area contributed by atoms with Crippen molar-refractivity contribution < 1.29 is 5.11 Å². The molecule has 0 aliphatic carbocycles. The molecule has 0 fully saturated rings. The summed E-state index contributed by atoms with van der Waals surface area (Å²) >= 11 is 0. The molecule has 156 valence electrons. The van der Waals surface area contributed by atoms with Crippen LogP contribution >= 0.6 is 0 Å². The van der Waals surface area contributed by atoms with E-state index in [1.165, 1.54) is 21.9 Å². The van der Waals surface area contributed by atoms with Crippen molar-refractivity contribution in [2.75, 3.05) is 0 Å². The molecular formula is C27H22N4O. The number of hydrogen-bond donors (Lipinski definition) is 4. The molecule has 0 saturated heterocycles. The fourth-order valence-electron chi connectivity index (χ4n) is 4.75. The zero-order valence-corrected chi connectivity index (χ0v) is 17.6. The maximum Gasteiger partial charge on any atom is 0.124 e. The Morgan fingerprint density at radius 1 is 0.781 bits per heavy atom. The molecule has 5 heteroatoms. The van der Waals surface area contributed by atoms with Gasteiger partial charge in [0.1, 0.15) is 5.75 Å². The Morgan fingerprint density at radius 3 is 2.06 bits per heavy atom. The highest BCUT2D eigenvalue weighted by atomic mass is 16.3. The van der Waals surface area contributed by atoms with Crippen LogP contribution in [0.1, 0.15) is 28.2 Å². The third-order valence-electron chi connectivity index (χ3n) is 6.27. The molecule has 0 radical (unpaired) electrons. The van der Waals surface area contributed by atoms with Crippen LogP contribution < -0.4 is 0 Å². The molecule has 0 aliphatic rings. The monoisotopic (exact) mass is 418 g/mol. The van der Waals surface area contributed by atoms with E-state index in [-0.39, 0.29) is 11.7 Å². The third kappa shape index (κ3) is 2.82. The van der Waals surface area contributed by atoms with Crippen molar-refractivity contribution in [1.82, 2.24) is 20.2 Å². The highest BCUT2D eigenvalue weighted by Gasteiger charge is 2.27. The summed E-state index contributed by atoms with van der Waals surface area (Å²) in [6, 6.07) is 22.3. The van der Waals surface area contributed by atoms with Crippen LogP contribution in [-0.2, 0) is 0 Å². The van der Waals surface area contributed by atoms with Crippen LogP contribution in [0.3, 0.4) is 0 Å². The van der Waals surface area contributed by atoms with Gasteiger partial charge in [-0.2, -0.15) is 5.10 Å². The van der Waals surface area contributed by atoms with Crippen LogP contribution in [0.2, 0.25) is 0 Å². The van der Waals surface area contributed by atoms with E-state index in [2.05, 4.69) is 69.0 Å². The lowest BCUT2D eigenvalue weighted by molar-refractivity contribution is 0.477. The molecule has 0 aliphatic heterocycles. The lowest BCUT2D eigenvalue weighted by atomic mass is 9.83. The fourth-order valence-corrected chi connectivity index (χ4v) is 4.75. The van der Waals surface area contributed by atoms with Gasteiger partial charge in [-0.15, -0.1) is 0 Å². The van der Waals surface area contributed by atoms with Gasteiger partial charge in [-0.25, -0.2) is 0 Å². The van der Waals surface area contributed by atoms with E-state index in [9.17, 15) is 5.11 Å². The second-order valence-corrected chi connectivity index (χ2v) is 8.23. The van der Waals surface area contributed by atoms with Crippen LogP contribution in [0, 0.1) is 6.92 Å². The summed E-state index contributed by atoms with van der Waals surface area (Å²) in [7, 11) is 0. The number of rotatable bonds is 4. The van der Waals surface area contributed by atoms with Gasteiger partial charge in [-0.1, -0.05) is 48.0 Å². The van der Waals surface area contributed by atoms with E-state index < -0.39 is 0 Å². The molecule has 5 nitrogen and oxygen atoms in total. The summed E-state index contributed by atoms with van der Waals surface area (Å²) < 4.78 is 0. The molecule has 3 heterocycles. The largest absolute Gasteiger partial charge is 0.507 e. The Kier molecular flexibility index (Phi) is 4.15. The topological polar surface area (TPSA) is 80.5 Å². The Hall–Kier alpha value is -4.25. The van der Waals surface area contributed by atoms with Crippen LogP contribution in [0.5, 0.6) is 5.75 Å². The summed E-state index contributed by atoms with van der Waals surface area (Å²) in [5, 5.41) is 20.6. The van der Waals surface area contributed by atoms with Crippen LogP contribution in [0.15, 0.2) is 85.3 Å². The van der Waals surface area contributed by atoms with E-state index in [4.69, 9.17) is 0 Å². The van der Waals surface area contributed by atoms with Gasteiger partial charge in [-0.3, -0.25) is 5.10 Å². The van der Waals surface area contributed by atoms with Crippen molar-refractivity contribution in [2.24, 2.45) is 0 Å². The first-order chi connectivity index (χ1) is 15.7. The second-order valence-electron chi connectivity index (χ2n) is 8.23. The molecule has 0 spiro atoms. The first-order valence-corrected chi connectivity index (χ1v) is 10.7. The average Bonchev–Trinajstić information content (AvgIpc) is 3.56. The smallest absolute Gasteiger partial charge is 0.124 e. The average molecular weight is 419 g/mol. The Morgan fingerprint density at radius 2 is 1.41 bits per heavy atom. The molecular weight excluding hydrogens is 396 g/mol. The van der Waals surface area contributed by atoms with Gasteiger partial charge in [0, 0.05) is 51.2 Å². The van der Waals surface area contributed by atoms with Crippen LogP contribution in [0.4, 0.5) is 0 Å². The van der Waals surface area contributed by atoms with Crippen molar-refractivity contribution in [3.05, 3.63) is 108 Å². The van der Waals surface area contributed by atoms with Crippen LogP contribution in [0.25, 0.3) is 33.1 Å². The molecule has 4 N–H and O–H groups in total. The lowest BCUT2D eigenvalue weighted by Gasteiger charge is -2.18. The van der Waals surface area contributed by atoms with E-state index in [1.54, 1.807) is 6.07 Å². The highest BCUT2D eigenvalue weighted by Crippen LogP contribution is 2.43. The number of aromatic hydroxyl groups is 1. The lowest BCUT2D eigenvalue weighted by Crippen LogP contribution is -2.03. The molecule has 0 atom stereocenters. The maximum absolute atomic E-state index is 10.7. The number of aryl methyl sites for hydroxylation is 1. The van der Waals surface area contributed by atoms with Gasteiger partial charge < -0.3 is 15.1 Å². The van der Waals surface area contributed by atoms with Crippen LogP contribution in [-0.4, -0.2) is 25.3 Å². The molecule has 0 bridgehead atoms. The number of fused-ring (bicyclic) bond motifs is 2. The van der Waals surface area contributed by atoms with Gasteiger partial charge in [0.25, 0.3) is 0 Å². The zero-order chi connectivity index (χ0) is 21.7. The molecule has 6 aromatic rings. The molecule has 6 rings (SSSR count). The zero-order valence-electron chi connectivity index (χ0n) is 17.6. The highest BCUT2D eigenvalue weighted by molar-refractivity contribution is 5.90. The predicted molar refractivity (Wildman–Crippen MR) is 128 cm³/mol. The Bertz CT molecular complexity index is 1500. The van der Waals surface area contributed by atoms with E-state index >= 15 is 0 Å². The van der Waals surface area contributed by atoms with Crippen molar-refractivity contribution in [1.29, 1.82) is 0 Å². The molecule has 3 aromatic carbocycles. The summed E-state index contributed by atoms with van der Waals surface area (Å²) in [6.07, 6.45) is 6.05. The fraction of sp³-hybridized carbons (Fsp3) is 0.0741. The first kappa shape index (κ1) is 18.5. The molecule has 0 saturated carbocycles. The predicted octanol–water partition coefficient (Wildman–Crippen LogP) is 6.23. The Balaban J connectivity index is 1.65. The van der Waals surface area contributed by atoms with Gasteiger partial charge in [0.2, 0.25) is 0 Å². The number of para-hydroxylation sites is 2. The Labute approximate surface area is 184 Å². The van der Waals surface area contributed by atoms with Gasteiger partial charge in [0.15, 0.2) is 0 Å². The minimum atomic E-state index is -0.0871. The summed E-state index contributed by atoms with van der Waals surface area (Å²) in [5.41, 5.74) is 8.19. The number of hydrogen-bond acceptors (Lipinski definition) is 2. The number of nitrogens with zero attached hydrogens (tertiary/aromatic N) is 1. The first-order valence-electron chi connectivity index (χ1n) is 10.7. The molecule has 0 unspecified atom stereocenters. The molecule has 32 heavy (non-hydrogen) atoms. The van der Waals surface area contributed by atoms with Crippen molar-refractivity contribution in [3.8, 4) is 17.0 Å². The standard InChI is InChI=1S/C27H22N4O/c1-16-10-11-25(32)19(12-16)27-22(15-30-31-27)26(20-13-28-23-8-4-2-6-17(20)23)21-14-29-24-9-5-3-7-18(21)24/h2-15,26,28-29,32H,1H3,(H,30,31). The van der Waals surface area contributed by atoms with Crippen molar-refractivity contribution in [3.63, 3.8) is 0 Å². The number of aromatic amines is 3.